The lowest BCUT2D eigenvalue weighted by atomic mass is 10.1. The summed E-state index contributed by atoms with van der Waals surface area (Å²) in [6.07, 6.45) is 0. The van der Waals surface area contributed by atoms with E-state index in [0.29, 0.717) is 0 Å². The van der Waals surface area contributed by atoms with Crippen molar-refractivity contribution in [3.05, 3.63) is 64.2 Å². The number of fused-ring (bicyclic) bond motifs is 1. The first-order valence-corrected chi connectivity index (χ1v) is 7.44. The predicted octanol–water partition coefficient (Wildman–Crippen LogP) is 4.76. The number of anilines is 1. The van der Waals surface area contributed by atoms with Crippen LogP contribution >= 0.6 is 27.5 Å². The molecule has 0 unspecified atom stereocenters. The third-order valence-electron chi connectivity index (χ3n) is 3.37. The third-order valence-corrected chi connectivity index (χ3v) is 4.21. The van der Waals surface area contributed by atoms with Crippen LogP contribution in [0.15, 0.2) is 42.5 Å². The van der Waals surface area contributed by atoms with Crippen LogP contribution in [0.25, 0.3) is 0 Å². The van der Waals surface area contributed by atoms with E-state index in [1.54, 1.807) is 0 Å². The molecular formula is C15H13BrClN. The van der Waals surface area contributed by atoms with E-state index in [9.17, 15) is 0 Å². The van der Waals surface area contributed by atoms with Crippen LogP contribution in [0.3, 0.4) is 0 Å². The molecule has 0 saturated heterocycles. The molecule has 0 radical (unpaired) electrons. The van der Waals surface area contributed by atoms with Crippen molar-refractivity contribution in [2.75, 3.05) is 4.90 Å². The Bertz CT molecular complexity index is 557. The summed E-state index contributed by atoms with van der Waals surface area (Å²) in [6.45, 7) is 1.94. The lowest BCUT2D eigenvalue weighted by molar-refractivity contribution is 0.874. The van der Waals surface area contributed by atoms with E-state index in [1.165, 1.54) is 22.4 Å². The summed E-state index contributed by atoms with van der Waals surface area (Å²) in [5, 5.41) is 1.65. The quantitative estimate of drug-likeness (QED) is 0.721. The molecule has 18 heavy (non-hydrogen) atoms. The van der Waals surface area contributed by atoms with Gasteiger partial charge in [0.05, 0.1) is 0 Å². The summed E-state index contributed by atoms with van der Waals surface area (Å²) in [7, 11) is 0. The van der Waals surface area contributed by atoms with Crippen LogP contribution in [-0.2, 0) is 18.4 Å². The van der Waals surface area contributed by atoms with Gasteiger partial charge >= 0.3 is 0 Å². The van der Waals surface area contributed by atoms with Crippen molar-refractivity contribution in [3.63, 3.8) is 0 Å². The molecule has 1 aliphatic heterocycles. The van der Waals surface area contributed by atoms with Crippen LogP contribution in [0.1, 0.15) is 16.7 Å². The highest BCUT2D eigenvalue weighted by atomic mass is 79.9. The average Bonchev–Trinajstić information content (AvgIpc) is 2.82. The minimum absolute atomic E-state index is 0.797. The summed E-state index contributed by atoms with van der Waals surface area (Å²) in [4.78, 5) is 2.38. The van der Waals surface area contributed by atoms with Gasteiger partial charge in [-0.1, -0.05) is 57.9 Å². The molecule has 0 fully saturated rings. The molecule has 92 valence electrons. The lowest BCUT2D eigenvalue weighted by Gasteiger charge is -2.21. The first-order chi connectivity index (χ1) is 8.78. The predicted molar refractivity (Wildman–Crippen MR) is 80.4 cm³/mol. The molecule has 0 spiro atoms. The van der Waals surface area contributed by atoms with Gasteiger partial charge < -0.3 is 4.90 Å². The molecule has 1 heterocycles. The molecule has 1 aliphatic rings. The van der Waals surface area contributed by atoms with Crippen LogP contribution in [0.5, 0.6) is 0 Å². The van der Waals surface area contributed by atoms with E-state index < -0.39 is 0 Å². The van der Waals surface area contributed by atoms with Gasteiger partial charge in [-0.15, -0.1) is 0 Å². The zero-order valence-electron chi connectivity index (χ0n) is 9.87. The van der Waals surface area contributed by atoms with Gasteiger partial charge in [0, 0.05) is 29.1 Å². The van der Waals surface area contributed by atoms with Crippen LogP contribution in [0.2, 0.25) is 5.02 Å². The fraction of sp³-hybridized carbons (Fsp3) is 0.200. The first-order valence-electron chi connectivity index (χ1n) is 5.94. The Kier molecular flexibility index (Phi) is 3.31. The molecule has 3 rings (SSSR count). The highest BCUT2D eigenvalue weighted by molar-refractivity contribution is 9.08. The normalized spacial score (nSPS) is 13.8. The molecule has 3 heteroatoms. The van der Waals surface area contributed by atoms with E-state index in [0.717, 1.165) is 23.4 Å². The zero-order chi connectivity index (χ0) is 12.5. The van der Waals surface area contributed by atoms with Crippen molar-refractivity contribution < 1.29 is 0 Å². The van der Waals surface area contributed by atoms with Crippen LogP contribution < -0.4 is 4.90 Å². The number of alkyl halides is 1. The summed E-state index contributed by atoms with van der Waals surface area (Å²) >= 11 is 9.67. The third kappa shape index (κ3) is 2.15. The van der Waals surface area contributed by atoms with Crippen molar-refractivity contribution in [2.24, 2.45) is 0 Å². The number of hydrogen-bond donors (Lipinski definition) is 0. The Labute approximate surface area is 121 Å². The summed E-state index contributed by atoms with van der Waals surface area (Å²) in [5.41, 5.74) is 5.35. The van der Waals surface area contributed by atoms with Gasteiger partial charge in [0.2, 0.25) is 0 Å². The topological polar surface area (TPSA) is 3.24 Å². The second-order valence-electron chi connectivity index (χ2n) is 4.53. The van der Waals surface area contributed by atoms with Crippen molar-refractivity contribution in [3.8, 4) is 0 Å². The van der Waals surface area contributed by atoms with Gasteiger partial charge in [-0.25, -0.2) is 0 Å². The Balaban J connectivity index is 1.97. The Morgan fingerprint density at radius 1 is 1.06 bits per heavy atom. The van der Waals surface area contributed by atoms with Crippen molar-refractivity contribution in [2.45, 2.75) is 18.4 Å². The molecule has 0 N–H and O–H groups in total. The maximum absolute atomic E-state index is 6.12. The van der Waals surface area contributed by atoms with E-state index >= 15 is 0 Å². The van der Waals surface area contributed by atoms with E-state index in [2.05, 4.69) is 57.2 Å². The molecule has 2 aromatic rings. The number of rotatable bonds is 2. The summed E-state index contributed by atoms with van der Waals surface area (Å²) in [5.74, 6) is 0. The second-order valence-corrected chi connectivity index (χ2v) is 5.53. The minimum atomic E-state index is 0.797. The van der Waals surface area contributed by atoms with Crippen LogP contribution in [0.4, 0.5) is 5.69 Å². The molecule has 0 aromatic heterocycles. The van der Waals surface area contributed by atoms with E-state index in [-0.39, 0.29) is 0 Å². The van der Waals surface area contributed by atoms with E-state index in [4.69, 9.17) is 11.6 Å². The lowest BCUT2D eigenvalue weighted by Crippen LogP contribution is -2.16. The highest BCUT2D eigenvalue weighted by Gasteiger charge is 2.20. The maximum Gasteiger partial charge on any atom is 0.0436 e. The molecule has 2 aromatic carbocycles. The number of benzene rings is 2. The average molecular weight is 323 g/mol. The summed E-state index contributed by atoms with van der Waals surface area (Å²) < 4.78 is 0. The number of hydrogen-bond acceptors (Lipinski definition) is 1. The SMILES string of the molecule is Clc1ccc(CBr)c(N2Cc3ccccc3C2)c1. The minimum Gasteiger partial charge on any atom is -0.363 e. The van der Waals surface area contributed by atoms with Gasteiger partial charge in [-0.2, -0.15) is 0 Å². The fourth-order valence-electron chi connectivity index (χ4n) is 2.45. The molecule has 1 nitrogen and oxygen atoms in total. The molecule has 0 atom stereocenters. The van der Waals surface area contributed by atoms with Gasteiger partial charge in [0.15, 0.2) is 0 Å². The Hall–Kier alpha value is -0.990. The smallest absolute Gasteiger partial charge is 0.0436 e. The van der Waals surface area contributed by atoms with Crippen LogP contribution in [-0.4, -0.2) is 0 Å². The van der Waals surface area contributed by atoms with Gasteiger partial charge in [0.1, 0.15) is 0 Å². The maximum atomic E-state index is 6.12. The fourth-order valence-corrected chi connectivity index (χ4v) is 3.09. The summed E-state index contributed by atoms with van der Waals surface area (Å²) in [6, 6.07) is 14.7. The molecule has 0 aliphatic carbocycles. The van der Waals surface area contributed by atoms with Crippen molar-refractivity contribution in [1.82, 2.24) is 0 Å². The van der Waals surface area contributed by atoms with Crippen molar-refractivity contribution >= 4 is 33.2 Å². The zero-order valence-corrected chi connectivity index (χ0v) is 12.2. The van der Waals surface area contributed by atoms with Crippen molar-refractivity contribution in [1.29, 1.82) is 0 Å². The van der Waals surface area contributed by atoms with Gasteiger partial charge in [-0.3, -0.25) is 0 Å². The molecule has 0 bridgehead atoms. The second kappa shape index (κ2) is 4.94. The standard InChI is InChI=1S/C15H13BrClN/c16-8-11-5-6-14(17)7-15(11)18-9-12-3-1-2-4-13(12)10-18/h1-7H,8-10H2. The Morgan fingerprint density at radius 2 is 1.72 bits per heavy atom. The molecular weight excluding hydrogens is 310 g/mol. The first kappa shape index (κ1) is 12.1. The largest absolute Gasteiger partial charge is 0.363 e. The Morgan fingerprint density at radius 3 is 2.33 bits per heavy atom. The number of nitrogens with zero attached hydrogens (tertiary/aromatic N) is 1. The highest BCUT2D eigenvalue weighted by Crippen LogP contribution is 2.33. The number of halogens is 2. The molecule has 0 amide bonds. The monoisotopic (exact) mass is 321 g/mol. The van der Waals surface area contributed by atoms with Crippen LogP contribution in [0, 0.1) is 0 Å². The van der Waals surface area contributed by atoms with E-state index in [1.807, 2.05) is 6.07 Å². The van der Waals surface area contributed by atoms with Gasteiger partial charge in [0.25, 0.3) is 0 Å². The van der Waals surface area contributed by atoms with Gasteiger partial charge in [-0.05, 0) is 28.8 Å². The molecule has 0 saturated carbocycles.